The number of hydrogen-bond donors (Lipinski definition) is 0. The predicted octanol–water partition coefficient (Wildman–Crippen LogP) is 4.08. The molecule has 0 unspecified atom stereocenters. The predicted molar refractivity (Wildman–Crippen MR) is 111 cm³/mol. The van der Waals surface area contributed by atoms with Gasteiger partial charge in [-0.3, -0.25) is 9.69 Å². The van der Waals surface area contributed by atoms with E-state index in [1.54, 1.807) is 22.5 Å². The molecule has 1 aromatic heterocycles. The van der Waals surface area contributed by atoms with Crippen LogP contribution < -0.4 is 5.56 Å². The van der Waals surface area contributed by atoms with Crippen molar-refractivity contribution in [1.29, 1.82) is 0 Å². The third-order valence-electron chi connectivity index (χ3n) is 5.13. The Kier molecular flexibility index (Phi) is 5.41. The standard InChI is InChI=1S/C22H23N3OS/c1-27-20-9-7-18(8-10-20)21-11-12-22(26)25(23-21)16-24-14-13-19(15-24)17-5-3-2-4-6-17/h2-12,19H,13-16H2,1H3/t19-/m1/s1. The van der Waals surface area contributed by atoms with Crippen LogP contribution in [0.3, 0.4) is 0 Å². The third-order valence-corrected chi connectivity index (χ3v) is 5.87. The van der Waals surface area contributed by atoms with Gasteiger partial charge in [0.15, 0.2) is 0 Å². The Morgan fingerprint density at radius 1 is 1.04 bits per heavy atom. The topological polar surface area (TPSA) is 38.1 Å². The number of aromatic nitrogens is 2. The summed E-state index contributed by atoms with van der Waals surface area (Å²) in [5.41, 5.74) is 3.19. The van der Waals surface area contributed by atoms with Gasteiger partial charge in [-0.15, -0.1) is 11.8 Å². The first-order valence-electron chi connectivity index (χ1n) is 9.23. The Bertz CT molecular complexity index is 953. The van der Waals surface area contributed by atoms with Crippen molar-refractivity contribution in [2.75, 3.05) is 19.3 Å². The van der Waals surface area contributed by atoms with Crippen LogP contribution in [0.5, 0.6) is 0 Å². The lowest BCUT2D eigenvalue weighted by Gasteiger charge is -2.17. The quantitative estimate of drug-likeness (QED) is 0.628. The summed E-state index contributed by atoms with van der Waals surface area (Å²) in [5.74, 6) is 0.532. The van der Waals surface area contributed by atoms with Gasteiger partial charge in [-0.2, -0.15) is 5.10 Å². The van der Waals surface area contributed by atoms with Gasteiger partial charge < -0.3 is 0 Å². The highest BCUT2D eigenvalue weighted by molar-refractivity contribution is 7.98. The number of thioether (sulfide) groups is 1. The number of nitrogens with zero attached hydrogens (tertiary/aromatic N) is 3. The van der Waals surface area contributed by atoms with Crippen LogP contribution in [0.15, 0.2) is 76.4 Å². The Labute approximate surface area is 163 Å². The maximum Gasteiger partial charge on any atom is 0.268 e. The van der Waals surface area contributed by atoms with Crippen LogP contribution in [0.25, 0.3) is 11.3 Å². The van der Waals surface area contributed by atoms with Gasteiger partial charge >= 0.3 is 0 Å². The molecule has 0 aliphatic carbocycles. The molecule has 0 bridgehead atoms. The van der Waals surface area contributed by atoms with Gasteiger partial charge in [-0.1, -0.05) is 42.5 Å². The first-order valence-corrected chi connectivity index (χ1v) is 10.5. The number of rotatable bonds is 5. The lowest BCUT2D eigenvalue weighted by atomic mass is 9.99. The lowest BCUT2D eigenvalue weighted by Crippen LogP contribution is -2.32. The van der Waals surface area contributed by atoms with Crippen molar-refractivity contribution in [2.24, 2.45) is 0 Å². The summed E-state index contributed by atoms with van der Waals surface area (Å²) >= 11 is 1.72. The molecule has 5 heteroatoms. The maximum absolute atomic E-state index is 12.3. The van der Waals surface area contributed by atoms with E-state index in [0.717, 1.165) is 30.8 Å². The molecule has 1 aliphatic heterocycles. The molecular weight excluding hydrogens is 354 g/mol. The molecule has 0 amide bonds. The summed E-state index contributed by atoms with van der Waals surface area (Å²) in [6.45, 7) is 2.49. The molecule has 1 fully saturated rings. The third kappa shape index (κ3) is 4.15. The lowest BCUT2D eigenvalue weighted by molar-refractivity contribution is 0.246. The summed E-state index contributed by atoms with van der Waals surface area (Å²) in [7, 11) is 0. The van der Waals surface area contributed by atoms with E-state index in [9.17, 15) is 4.79 Å². The minimum Gasteiger partial charge on any atom is -0.284 e. The van der Waals surface area contributed by atoms with E-state index < -0.39 is 0 Å². The van der Waals surface area contributed by atoms with Crippen molar-refractivity contribution in [3.63, 3.8) is 0 Å². The van der Waals surface area contributed by atoms with Crippen LogP contribution in [-0.4, -0.2) is 34.0 Å². The fourth-order valence-corrected chi connectivity index (χ4v) is 4.02. The Balaban J connectivity index is 1.50. The molecule has 1 aliphatic rings. The smallest absolute Gasteiger partial charge is 0.268 e. The van der Waals surface area contributed by atoms with E-state index in [4.69, 9.17) is 0 Å². The summed E-state index contributed by atoms with van der Waals surface area (Å²) in [6, 6.07) is 22.3. The molecule has 2 heterocycles. The monoisotopic (exact) mass is 377 g/mol. The average molecular weight is 378 g/mol. The second-order valence-corrected chi connectivity index (χ2v) is 7.78. The first-order chi connectivity index (χ1) is 13.2. The normalized spacial score (nSPS) is 17.3. The molecule has 0 spiro atoms. The van der Waals surface area contributed by atoms with Crippen molar-refractivity contribution >= 4 is 11.8 Å². The van der Waals surface area contributed by atoms with E-state index in [-0.39, 0.29) is 5.56 Å². The van der Waals surface area contributed by atoms with E-state index >= 15 is 0 Å². The Morgan fingerprint density at radius 2 is 1.81 bits per heavy atom. The number of benzene rings is 2. The second-order valence-electron chi connectivity index (χ2n) is 6.90. The van der Waals surface area contributed by atoms with Gasteiger partial charge in [0.25, 0.3) is 5.56 Å². The molecule has 3 aromatic rings. The minimum absolute atomic E-state index is 0.0531. The molecule has 0 radical (unpaired) electrons. The first kappa shape index (κ1) is 18.0. The summed E-state index contributed by atoms with van der Waals surface area (Å²) < 4.78 is 1.59. The van der Waals surface area contributed by atoms with Gasteiger partial charge in [0.1, 0.15) is 0 Å². The molecule has 0 N–H and O–H groups in total. The molecule has 138 valence electrons. The van der Waals surface area contributed by atoms with Crippen molar-refractivity contribution < 1.29 is 0 Å². The van der Waals surface area contributed by atoms with Crippen LogP contribution in [0.2, 0.25) is 0 Å². The summed E-state index contributed by atoms with van der Waals surface area (Å²) in [4.78, 5) is 15.8. The second kappa shape index (κ2) is 8.11. The van der Waals surface area contributed by atoms with Gasteiger partial charge in [0, 0.05) is 29.6 Å². The van der Waals surface area contributed by atoms with Crippen LogP contribution in [0, 0.1) is 0 Å². The Hall–Kier alpha value is -2.37. The van der Waals surface area contributed by atoms with Crippen LogP contribution >= 0.6 is 11.8 Å². The highest BCUT2D eigenvalue weighted by Gasteiger charge is 2.24. The van der Waals surface area contributed by atoms with Crippen LogP contribution in [0.4, 0.5) is 0 Å². The van der Waals surface area contributed by atoms with Crippen molar-refractivity contribution in [1.82, 2.24) is 14.7 Å². The molecule has 0 saturated carbocycles. The molecule has 27 heavy (non-hydrogen) atoms. The van der Waals surface area contributed by atoms with E-state index in [1.165, 1.54) is 10.5 Å². The molecule has 1 saturated heterocycles. The molecule has 2 aromatic carbocycles. The van der Waals surface area contributed by atoms with Crippen molar-refractivity contribution in [3.05, 3.63) is 82.6 Å². The fourth-order valence-electron chi connectivity index (χ4n) is 3.61. The minimum atomic E-state index is -0.0531. The highest BCUT2D eigenvalue weighted by Crippen LogP contribution is 2.27. The largest absolute Gasteiger partial charge is 0.284 e. The van der Waals surface area contributed by atoms with Crippen molar-refractivity contribution in [2.45, 2.75) is 23.9 Å². The van der Waals surface area contributed by atoms with Gasteiger partial charge in [-0.25, -0.2) is 4.68 Å². The summed E-state index contributed by atoms with van der Waals surface area (Å²) in [5, 5.41) is 4.61. The van der Waals surface area contributed by atoms with Gasteiger partial charge in [-0.05, 0) is 42.4 Å². The average Bonchev–Trinajstić information content (AvgIpc) is 3.19. The van der Waals surface area contributed by atoms with Crippen LogP contribution in [0.1, 0.15) is 17.9 Å². The highest BCUT2D eigenvalue weighted by atomic mass is 32.2. The molecular formula is C22H23N3OS. The zero-order valence-corrected chi connectivity index (χ0v) is 16.2. The van der Waals surface area contributed by atoms with E-state index in [1.807, 2.05) is 6.07 Å². The van der Waals surface area contributed by atoms with Gasteiger partial charge in [0.2, 0.25) is 0 Å². The SMILES string of the molecule is CSc1ccc(-c2ccc(=O)n(CN3CC[C@@H](c4ccccc4)C3)n2)cc1. The molecule has 1 atom stereocenters. The Morgan fingerprint density at radius 3 is 2.56 bits per heavy atom. The number of likely N-dealkylation sites (tertiary alicyclic amines) is 1. The maximum atomic E-state index is 12.3. The van der Waals surface area contributed by atoms with Crippen molar-refractivity contribution in [3.8, 4) is 11.3 Å². The van der Waals surface area contributed by atoms with E-state index in [0.29, 0.717) is 12.6 Å². The zero-order chi connectivity index (χ0) is 18.6. The molecule has 4 nitrogen and oxygen atoms in total. The summed E-state index contributed by atoms with van der Waals surface area (Å²) in [6.07, 6.45) is 3.18. The van der Waals surface area contributed by atoms with Crippen LogP contribution in [-0.2, 0) is 6.67 Å². The number of hydrogen-bond acceptors (Lipinski definition) is 4. The van der Waals surface area contributed by atoms with Gasteiger partial charge in [0.05, 0.1) is 12.4 Å². The van der Waals surface area contributed by atoms with E-state index in [2.05, 4.69) is 70.9 Å². The fraction of sp³-hybridized carbons (Fsp3) is 0.273. The molecule has 4 rings (SSSR count). The zero-order valence-electron chi connectivity index (χ0n) is 15.4.